The number of benzene rings is 1. The predicted octanol–water partition coefficient (Wildman–Crippen LogP) is 2.52. The number of aromatic amines is 1. The van der Waals surface area contributed by atoms with Gasteiger partial charge in [-0.25, -0.2) is 4.39 Å². The quantitative estimate of drug-likeness (QED) is 0.773. The third kappa shape index (κ3) is 1.13. The lowest BCUT2D eigenvalue weighted by molar-refractivity contribution is 0.584. The standard InChI is InChI=1S/C12H13FN2/c1-14-12(5-6-12)8-7-15-10-4-2-3-9(13)11(8)10/h2-4,7,14-15H,5-6H2,1H3. The van der Waals surface area contributed by atoms with Gasteiger partial charge < -0.3 is 10.3 Å². The van der Waals surface area contributed by atoms with Crippen LogP contribution in [0.25, 0.3) is 10.9 Å². The summed E-state index contributed by atoms with van der Waals surface area (Å²) in [6.07, 6.45) is 4.10. The molecule has 0 spiro atoms. The van der Waals surface area contributed by atoms with Gasteiger partial charge in [-0.15, -0.1) is 0 Å². The Balaban J connectivity index is 2.28. The van der Waals surface area contributed by atoms with Crippen LogP contribution in [-0.2, 0) is 5.54 Å². The third-order valence-corrected chi connectivity index (χ3v) is 3.40. The number of fused-ring (bicyclic) bond motifs is 1. The maximum atomic E-state index is 13.7. The Bertz CT molecular complexity index is 511. The number of halogens is 1. The van der Waals surface area contributed by atoms with E-state index in [0.29, 0.717) is 0 Å². The van der Waals surface area contributed by atoms with Crippen LogP contribution in [0.3, 0.4) is 0 Å². The van der Waals surface area contributed by atoms with Crippen molar-refractivity contribution in [2.45, 2.75) is 18.4 Å². The molecule has 15 heavy (non-hydrogen) atoms. The number of nitrogens with one attached hydrogen (secondary N) is 2. The van der Waals surface area contributed by atoms with Gasteiger partial charge in [-0.3, -0.25) is 0 Å². The highest BCUT2D eigenvalue weighted by Crippen LogP contribution is 2.47. The Kier molecular flexibility index (Phi) is 1.68. The van der Waals surface area contributed by atoms with Crippen LogP contribution in [-0.4, -0.2) is 12.0 Å². The molecule has 1 aliphatic carbocycles. The molecule has 0 amide bonds. The lowest BCUT2D eigenvalue weighted by atomic mass is 10.0. The van der Waals surface area contributed by atoms with Crippen LogP contribution in [0.1, 0.15) is 18.4 Å². The second kappa shape index (κ2) is 2.83. The van der Waals surface area contributed by atoms with Gasteiger partial charge in [0.05, 0.1) is 0 Å². The zero-order valence-electron chi connectivity index (χ0n) is 8.60. The normalized spacial score (nSPS) is 18.3. The van der Waals surface area contributed by atoms with Crippen molar-refractivity contribution in [2.24, 2.45) is 0 Å². The van der Waals surface area contributed by atoms with E-state index in [4.69, 9.17) is 0 Å². The van der Waals surface area contributed by atoms with E-state index in [1.807, 2.05) is 19.3 Å². The zero-order chi connectivity index (χ0) is 10.5. The van der Waals surface area contributed by atoms with E-state index in [2.05, 4.69) is 10.3 Å². The SMILES string of the molecule is CNC1(c2c[nH]c3cccc(F)c23)CC1. The lowest BCUT2D eigenvalue weighted by Crippen LogP contribution is -2.24. The number of rotatable bonds is 2. The molecule has 78 valence electrons. The molecule has 0 unspecified atom stereocenters. The van der Waals surface area contributed by atoms with Crippen LogP contribution < -0.4 is 5.32 Å². The summed E-state index contributed by atoms with van der Waals surface area (Å²) in [4.78, 5) is 3.13. The van der Waals surface area contributed by atoms with Crippen molar-refractivity contribution in [1.29, 1.82) is 0 Å². The molecule has 3 rings (SSSR count). The number of aromatic nitrogens is 1. The molecule has 2 aromatic rings. The predicted molar refractivity (Wildman–Crippen MR) is 58.2 cm³/mol. The molecular weight excluding hydrogens is 191 g/mol. The molecule has 0 aliphatic heterocycles. The van der Waals surface area contributed by atoms with Crippen LogP contribution in [0.15, 0.2) is 24.4 Å². The summed E-state index contributed by atoms with van der Waals surface area (Å²) in [5.41, 5.74) is 1.96. The molecule has 1 fully saturated rings. The summed E-state index contributed by atoms with van der Waals surface area (Å²) in [7, 11) is 1.94. The van der Waals surface area contributed by atoms with E-state index in [1.165, 1.54) is 6.07 Å². The molecule has 1 aromatic heterocycles. The van der Waals surface area contributed by atoms with Gasteiger partial charge >= 0.3 is 0 Å². The van der Waals surface area contributed by atoms with Crippen molar-refractivity contribution in [2.75, 3.05) is 7.05 Å². The van der Waals surface area contributed by atoms with Gasteiger partial charge in [-0.1, -0.05) is 6.07 Å². The highest BCUT2D eigenvalue weighted by atomic mass is 19.1. The maximum Gasteiger partial charge on any atom is 0.132 e. The fraction of sp³-hybridized carbons (Fsp3) is 0.333. The molecule has 3 heteroatoms. The molecule has 1 aromatic carbocycles. The second-order valence-electron chi connectivity index (χ2n) is 4.20. The van der Waals surface area contributed by atoms with Gasteiger partial charge in [0, 0.05) is 28.2 Å². The Morgan fingerprint density at radius 1 is 1.40 bits per heavy atom. The second-order valence-corrected chi connectivity index (χ2v) is 4.20. The molecular formula is C12H13FN2. The summed E-state index contributed by atoms with van der Waals surface area (Å²) in [6.45, 7) is 0. The first kappa shape index (κ1) is 8.92. The number of H-pyrrole nitrogens is 1. The fourth-order valence-corrected chi connectivity index (χ4v) is 2.30. The molecule has 2 nitrogen and oxygen atoms in total. The van der Waals surface area contributed by atoms with Gasteiger partial charge in [0.15, 0.2) is 0 Å². The highest BCUT2D eigenvalue weighted by molar-refractivity contribution is 5.85. The lowest BCUT2D eigenvalue weighted by Gasteiger charge is -2.12. The van der Waals surface area contributed by atoms with Gasteiger partial charge in [0.1, 0.15) is 5.82 Å². The first-order valence-electron chi connectivity index (χ1n) is 5.22. The Morgan fingerprint density at radius 3 is 2.87 bits per heavy atom. The van der Waals surface area contributed by atoms with Crippen LogP contribution in [0.4, 0.5) is 4.39 Å². The third-order valence-electron chi connectivity index (χ3n) is 3.40. The Hall–Kier alpha value is -1.35. The summed E-state index contributed by atoms with van der Waals surface area (Å²) >= 11 is 0. The molecule has 0 radical (unpaired) electrons. The minimum absolute atomic E-state index is 0.0143. The average Bonchev–Trinajstić information content (AvgIpc) is 2.92. The van der Waals surface area contributed by atoms with Gasteiger partial charge in [0.25, 0.3) is 0 Å². The van der Waals surface area contributed by atoms with E-state index in [0.717, 1.165) is 29.3 Å². The number of hydrogen-bond donors (Lipinski definition) is 2. The molecule has 0 bridgehead atoms. The summed E-state index contributed by atoms with van der Waals surface area (Å²) in [6, 6.07) is 5.16. The highest BCUT2D eigenvalue weighted by Gasteiger charge is 2.44. The molecule has 1 aliphatic rings. The minimum Gasteiger partial charge on any atom is -0.361 e. The zero-order valence-corrected chi connectivity index (χ0v) is 8.60. The minimum atomic E-state index is -0.134. The summed E-state index contributed by atoms with van der Waals surface area (Å²) < 4.78 is 13.7. The Morgan fingerprint density at radius 2 is 2.20 bits per heavy atom. The smallest absolute Gasteiger partial charge is 0.132 e. The van der Waals surface area contributed by atoms with E-state index >= 15 is 0 Å². The van der Waals surface area contributed by atoms with Gasteiger partial charge in [-0.2, -0.15) is 0 Å². The van der Waals surface area contributed by atoms with Crippen molar-refractivity contribution >= 4 is 10.9 Å². The van der Waals surface area contributed by atoms with Crippen LogP contribution >= 0.6 is 0 Å². The van der Waals surface area contributed by atoms with E-state index < -0.39 is 0 Å². The van der Waals surface area contributed by atoms with Crippen molar-refractivity contribution < 1.29 is 4.39 Å². The van der Waals surface area contributed by atoms with Crippen LogP contribution in [0.2, 0.25) is 0 Å². The van der Waals surface area contributed by atoms with Crippen molar-refractivity contribution in [3.63, 3.8) is 0 Å². The van der Waals surface area contributed by atoms with E-state index in [1.54, 1.807) is 6.07 Å². The first-order valence-corrected chi connectivity index (χ1v) is 5.22. The van der Waals surface area contributed by atoms with Gasteiger partial charge in [0.2, 0.25) is 0 Å². The van der Waals surface area contributed by atoms with Crippen LogP contribution in [0, 0.1) is 5.82 Å². The molecule has 0 saturated heterocycles. The maximum absolute atomic E-state index is 13.7. The van der Waals surface area contributed by atoms with Crippen molar-refractivity contribution in [1.82, 2.24) is 10.3 Å². The topological polar surface area (TPSA) is 27.8 Å². The molecule has 0 atom stereocenters. The van der Waals surface area contributed by atoms with Crippen molar-refractivity contribution in [3.8, 4) is 0 Å². The number of hydrogen-bond acceptors (Lipinski definition) is 1. The first-order chi connectivity index (χ1) is 7.27. The van der Waals surface area contributed by atoms with Gasteiger partial charge in [-0.05, 0) is 32.0 Å². The fourth-order valence-electron chi connectivity index (χ4n) is 2.30. The Labute approximate surface area is 87.5 Å². The van der Waals surface area contributed by atoms with E-state index in [-0.39, 0.29) is 11.4 Å². The summed E-state index contributed by atoms with van der Waals surface area (Å²) in [5.74, 6) is -0.134. The molecule has 2 N–H and O–H groups in total. The largest absolute Gasteiger partial charge is 0.361 e. The monoisotopic (exact) mass is 204 g/mol. The van der Waals surface area contributed by atoms with E-state index in [9.17, 15) is 4.39 Å². The summed E-state index contributed by atoms with van der Waals surface area (Å²) in [5, 5.41) is 4.03. The molecule has 1 saturated carbocycles. The molecule has 1 heterocycles. The van der Waals surface area contributed by atoms with Crippen molar-refractivity contribution in [3.05, 3.63) is 35.8 Å². The van der Waals surface area contributed by atoms with Crippen LogP contribution in [0.5, 0.6) is 0 Å². The average molecular weight is 204 g/mol.